The molecule has 28 heavy (non-hydrogen) atoms. The Kier molecular flexibility index (Phi) is 5.35. The van der Waals surface area contributed by atoms with Crippen LogP contribution >= 0.6 is 0 Å². The van der Waals surface area contributed by atoms with Crippen molar-refractivity contribution in [3.8, 4) is 11.3 Å². The van der Waals surface area contributed by atoms with Crippen molar-refractivity contribution >= 4 is 15.8 Å². The lowest BCUT2D eigenvalue weighted by Gasteiger charge is -2.32. The van der Waals surface area contributed by atoms with E-state index in [1.165, 1.54) is 0 Å². The van der Waals surface area contributed by atoms with Crippen LogP contribution < -0.4 is 4.90 Å². The fraction of sp³-hybridized carbons (Fsp3) is 0.500. The highest BCUT2D eigenvalue weighted by molar-refractivity contribution is 7.89. The third-order valence-electron chi connectivity index (χ3n) is 5.64. The maximum absolute atomic E-state index is 13.0. The van der Waals surface area contributed by atoms with E-state index in [2.05, 4.69) is 27.0 Å². The third kappa shape index (κ3) is 3.76. The van der Waals surface area contributed by atoms with Crippen LogP contribution in [-0.4, -0.2) is 74.1 Å². The third-order valence-corrected chi connectivity index (χ3v) is 7.69. The Morgan fingerprint density at radius 3 is 2.25 bits per heavy atom. The van der Waals surface area contributed by atoms with Gasteiger partial charge in [-0.3, -0.25) is 0 Å². The van der Waals surface area contributed by atoms with Crippen molar-refractivity contribution in [2.24, 2.45) is 0 Å². The lowest BCUT2D eigenvalue weighted by atomic mass is 10.1. The normalized spacial score (nSPS) is 19.3. The van der Waals surface area contributed by atoms with Gasteiger partial charge in [-0.15, -0.1) is 10.2 Å². The van der Waals surface area contributed by atoms with Crippen LogP contribution in [0.2, 0.25) is 0 Å². The van der Waals surface area contributed by atoms with E-state index in [4.69, 9.17) is 0 Å². The Hall–Kier alpha value is -2.03. The zero-order valence-electron chi connectivity index (χ0n) is 16.5. The Balaban J connectivity index is 1.59. The van der Waals surface area contributed by atoms with Crippen LogP contribution in [0.5, 0.6) is 0 Å². The summed E-state index contributed by atoms with van der Waals surface area (Å²) in [6.07, 6.45) is 1.86. The summed E-state index contributed by atoms with van der Waals surface area (Å²) in [5, 5.41) is 8.77. The molecule has 2 aromatic rings. The SMILES string of the molecule is Cc1ccc(-c2ccc(N3CCN(C)CC3)nn2)cc1S(=O)(=O)N1CCCC1. The first kappa shape index (κ1) is 19.3. The van der Waals surface area contributed by atoms with Crippen LogP contribution in [0.4, 0.5) is 5.82 Å². The monoisotopic (exact) mass is 401 g/mol. The van der Waals surface area contributed by atoms with Crippen LogP contribution in [0.15, 0.2) is 35.2 Å². The van der Waals surface area contributed by atoms with Gasteiger partial charge >= 0.3 is 0 Å². The van der Waals surface area contributed by atoms with Crippen molar-refractivity contribution in [1.29, 1.82) is 0 Å². The molecule has 0 spiro atoms. The zero-order valence-corrected chi connectivity index (χ0v) is 17.3. The largest absolute Gasteiger partial charge is 0.353 e. The molecule has 3 heterocycles. The minimum absolute atomic E-state index is 0.372. The van der Waals surface area contributed by atoms with Gasteiger partial charge in [0, 0.05) is 44.8 Å². The summed E-state index contributed by atoms with van der Waals surface area (Å²) in [5.41, 5.74) is 2.23. The molecule has 1 aromatic carbocycles. The number of sulfonamides is 1. The highest BCUT2D eigenvalue weighted by atomic mass is 32.2. The molecular formula is C20H27N5O2S. The van der Waals surface area contributed by atoms with Crippen LogP contribution in [0.3, 0.4) is 0 Å². The number of benzene rings is 1. The number of anilines is 1. The molecule has 1 aromatic heterocycles. The van der Waals surface area contributed by atoms with E-state index in [0.717, 1.165) is 56.0 Å². The van der Waals surface area contributed by atoms with Gasteiger partial charge in [0.15, 0.2) is 5.82 Å². The molecule has 4 rings (SSSR count). The molecule has 0 atom stereocenters. The molecule has 8 heteroatoms. The molecule has 0 amide bonds. The van der Waals surface area contributed by atoms with Gasteiger partial charge in [0.1, 0.15) is 0 Å². The van der Waals surface area contributed by atoms with E-state index in [1.54, 1.807) is 10.4 Å². The number of hydrogen-bond donors (Lipinski definition) is 0. The van der Waals surface area contributed by atoms with Gasteiger partial charge in [0.2, 0.25) is 10.0 Å². The van der Waals surface area contributed by atoms with Crippen molar-refractivity contribution in [2.45, 2.75) is 24.7 Å². The number of hydrogen-bond acceptors (Lipinski definition) is 6. The molecule has 0 N–H and O–H groups in total. The minimum Gasteiger partial charge on any atom is -0.353 e. The van der Waals surface area contributed by atoms with Crippen molar-refractivity contribution in [1.82, 2.24) is 19.4 Å². The fourth-order valence-corrected chi connectivity index (χ4v) is 5.56. The highest BCUT2D eigenvalue weighted by Crippen LogP contribution is 2.28. The first-order chi connectivity index (χ1) is 13.4. The standard InChI is InChI=1S/C20H27N5O2S/c1-16-5-6-17(15-19(16)28(26,27)25-9-3-4-10-25)18-7-8-20(22-21-18)24-13-11-23(2)12-14-24/h5-8,15H,3-4,9-14H2,1-2H3. The Morgan fingerprint density at radius 1 is 0.893 bits per heavy atom. The summed E-state index contributed by atoms with van der Waals surface area (Å²) in [6, 6.07) is 9.41. The Labute approximate surface area is 167 Å². The minimum atomic E-state index is -3.46. The molecule has 2 aliphatic heterocycles. The number of aryl methyl sites for hydroxylation is 1. The first-order valence-corrected chi connectivity index (χ1v) is 11.3. The number of rotatable bonds is 4. The maximum Gasteiger partial charge on any atom is 0.243 e. The molecule has 2 saturated heterocycles. The van der Waals surface area contributed by atoms with Crippen LogP contribution in [-0.2, 0) is 10.0 Å². The summed E-state index contributed by atoms with van der Waals surface area (Å²) in [7, 11) is -1.34. The van der Waals surface area contributed by atoms with Crippen LogP contribution in [0.25, 0.3) is 11.3 Å². The molecule has 0 saturated carbocycles. The van der Waals surface area contributed by atoms with E-state index in [9.17, 15) is 8.42 Å². The second-order valence-electron chi connectivity index (χ2n) is 7.66. The van der Waals surface area contributed by atoms with E-state index >= 15 is 0 Å². The van der Waals surface area contributed by atoms with Crippen molar-refractivity contribution in [2.75, 3.05) is 51.2 Å². The Bertz CT molecular complexity index is 932. The predicted octanol–water partition coefficient (Wildman–Crippen LogP) is 1.99. The van der Waals surface area contributed by atoms with Gasteiger partial charge in [-0.05, 0) is 50.6 Å². The average molecular weight is 402 g/mol. The van der Waals surface area contributed by atoms with Crippen LogP contribution in [0, 0.1) is 6.92 Å². The van der Waals surface area contributed by atoms with Gasteiger partial charge in [-0.1, -0.05) is 12.1 Å². The average Bonchev–Trinajstić information content (AvgIpc) is 3.25. The highest BCUT2D eigenvalue weighted by Gasteiger charge is 2.28. The first-order valence-electron chi connectivity index (χ1n) is 9.83. The predicted molar refractivity (Wildman–Crippen MR) is 110 cm³/mol. The fourth-order valence-electron chi connectivity index (χ4n) is 3.79. The van der Waals surface area contributed by atoms with Crippen LogP contribution in [0.1, 0.15) is 18.4 Å². The summed E-state index contributed by atoms with van der Waals surface area (Å²) < 4.78 is 27.6. The summed E-state index contributed by atoms with van der Waals surface area (Å²) >= 11 is 0. The number of nitrogens with zero attached hydrogens (tertiary/aromatic N) is 5. The van der Waals surface area contributed by atoms with Crippen molar-refractivity contribution in [3.05, 3.63) is 35.9 Å². The van der Waals surface area contributed by atoms with Gasteiger partial charge < -0.3 is 9.80 Å². The molecule has 0 aliphatic carbocycles. The molecule has 0 radical (unpaired) electrons. The lowest BCUT2D eigenvalue weighted by molar-refractivity contribution is 0.312. The summed E-state index contributed by atoms with van der Waals surface area (Å²) in [6.45, 7) is 6.95. The molecule has 2 aliphatic rings. The molecule has 0 unspecified atom stereocenters. The molecule has 2 fully saturated rings. The van der Waals surface area contributed by atoms with E-state index in [0.29, 0.717) is 23.7 Å². The maximum atomic E-state index is 13.0. The smallest absolute Gasteiger partial charge is 0.243 e. The van der Waals surface area contributed by atoms with E-state index < -0.39 is 10.0 Å². The lowest BCUT2D eigenvalue weighted by Crippen LogP contribution is -2.44. The molecule has 0 bridgehead atoms. The summed E-state index contributed by atoms with van der Waals surface area (Å²) in [5.74, 6) is 0.869. The summed E-state index contributed by atoms with van der Waals surface area (Å²) in [4.78, 5) is 4.90. The topological polar surface area (TPSA) is 69.6 Å². The zero-order chi connectivity index (χ0) is 19.7. The van der Waals surface area contributed by atoms with Gasteiger partial charge in [-0.25, -0.2) is 8.42 Å². The molecular weight excluding hydrogens is 374 g/mol. The van der Waals surface area contributed by atoms with E-state index in [1.807, 2.05) is 31.2 Å². The van der Waals surface area contributed by atoms with Crippen molar-refractivity contribution < 1.29 is 8.42 Å². The number of likely N-dealkylation sites (N-methyl/N-ethyl adjacent to an activating group) is 1. The van der Waals surface area contributed by atoms with Gasteiger partial charge in [0.25, 0.3) is 0 Å². The Morgan fingerprint density at radius 2 is 1.61 bits per heavy atom. The molecule has 7 nitrogen and oxygen atoms in total. The number of aromatic nitrogens is 2. The van der Waals surface area contributed by atoms with Crippen molar-refractivity contribution in [3.63, 3.8) is 0 Å². The second kappa shape index (κ2) is 7.77. The second-order valence-corrected chi connectivity index (χ2v) is 9.56. The van der Waals surface area contributed by atoms with Gasteiger partial charge in [-0.2, -0.15) is 4.31 Å². The number of piperazine rings is 1. The quantitative estimate of drug-likeness (QED) is 0.780. The van der Waals surface area contributed by atoms with Gasteiger partial charge in [0.05, 0.1) is 10.6 Å². The van der Waals surface area contributed by atoms with E-state index in [-0.39, 0.29) is 0 Å². The molecule has 150 valence electrons.